The molecule has 1 N–H and O–H groups in total. The normalized spacial score (nSPS) is 14.8. The van der Waals surface area contributed by atoms with E-state index in [1.54, 1.807) is 0 Å². The number of phosphoric ester groups is 1. The van der Waals surface area contributed by atoms with Gasteiger partial charge in [-0.2, -0.15) is 0 Å². The monoisotopic (exact) mass is 266 g/mol. The Kier molecular flexibility index (Phi) is 11.3. The van der Waals surface area contributed by atoms with Crippen LogP contribution in [0.4, 0.5) is 0 Å². The second-order valence-corrected chi connectivity index (χ2v) is 5.71. The van der Waals surface area contributed by atoms with Gasteiger partial charge in [0.05, 0.1) is 13.2 Å². The molecule has 5 heteroatoms. The van der Waals surface area contributed by atoms with E-state index in [9.17, 15) is 9.46 Å². The summed E-state index contributed by atoms with van der Waals surface area (Å²) in [7, 11) is -3.78. The molecule has 0 aliphatic heterocycles. The molecule has 0 spiro atoms. The van der Waals surface area contributed by atoms with Crippen LogP contribution in [0.25, 0.3) is 0 Å². The predicted octanol–water partition coefficient (Wildman–Crippen LogP) is 4.28. The van der Waals surface area contributed by atoms with E-state index in [0.717, 1.165) is 25.7 Å². The summed E-state index contributed by atoms with van der Waals surface area (Å²) in [5.74, 6) is 0. The van der Waals surface area contributed by atoms with Crippen molar-refractivity contribution < 1.29 is 18.5 Å². The Bertz CT molecular complexity index is 209. The quantitative estimate of drug-likeness (QED) is 0.423. The van der Waals surface area contributed by atoms with E-state index in [1.165, 1.54) is 25.7 Å². The van der Waals surface area contributed by atoms with Crippen molar-refractivity contribution in [2.45, 2.75) is 65.2 Å². The van der Waals surface area contributed by atoms with E-state index in [0.29, 0.717) is 13.2 Å². The van der Waals surface area contributed by atoms with Crippen molar-refractivity contribution >= 4 is 7.82 Å². The molecule has 0 saturated heterocycles. The fourth-order valence-electron chi connectivity index (χ4n) is 1.42. The molecule has 0 aromatic carbocycles. The topological polar surface area (TPSA) is 55.8 Å². The molecule has 0 amide bonds. The molecule has 1 atom stereocenters. The number of hydrogen-bond donors (Lipinski definition) is 1. The van der Waals surface area contributed by atoms with Gasteiger partial charge in [0.25, 0.3) is 0 Å². The number of phosphoric acid groups is 1. The Hall–Kier alpha value is 0.110. The molecule has 0 saturated carbocycles. The van der Waals surface area contributed by atoms with Crippen molar-refractivity contribution in [1.82, 2.24) is 0 Å². The van der Waals surface area contributed by atoms with Crippen molar-refractivity contribution in [1.29, 1.82) is 0 Å². The fraction of sp³-hybridized carbons (Fsp3) is 1.00. The molecule has 0 aromatic heterocycles. The third-order valence-electron chi connectivity index (χ3n) is 2.50. The zero-order chi connectivity index (χ0) is 13.0. The lowest BCUT2D eigenvalue weighted by Gasteiger charge is -2.11. The Morgan fingerprint density at radius 1 is 0.824 bits per heavy atom. The fourth-order valence-corrected chi connectivity index (χ4v) is 2.22. The molecule has 104 valence electrons. The van der Waals surface area contributed by atoms with Gasteiger partial charge in [0.2, 0.25) is 0 Å². The third kappa shape index (κ3) is 12.4. The minimum atomic E-state index is -3.78. The Morgan fingerprint density at radius 2 is 1.29 bits per heavy atom. The lowest BCUT2D eigenvalue weighted by atomic mass is 10.1. The van der Waals surface area contributed by atoms with Gasteiger partial charge in [-0.05, 0) is 12.8 Å². The van der Waals surface area contributed by atoms with E-state index in [2.05, 4.69) is 6.92 Å². The first kappa shape index (κ1) is 17.1. The van der Waals surface area contributed by atoms with Crippen LogP contribution in [0.5, 0.6) is 0 Å². The van der Waals surface area contributed by atoms with E-state index < -0.39 is 7.82 Å². The molecular formula is C12H27O4P. The van der Waals surface area contributed by atoms with Crippen molar-refractivity contribution in [3.8, 4) is 0 Å². The highest BCUT2D eigenvalue weighted by atomic mass is 31.2. The summed E-state index contributed by atoms with van der Waals surface area (Å²) in [4.78, 5) is 9.29. The van der Waals surface area contributed by atoms with Gasteiger partial charge in [0.15, 0.2) is 0 Å². The zero-order valence-corrected chi connectivity index (χ0v) is 12.1. The minimum Gasteiger partial charge on any atom is -0.302 e. The van der Waals surface area contributed by atoms with Crippen molar-refractivity contribution in [3.05, 3.63) is 0 Å². The molecule has 1 unspecified atom stereocenters. The van der Waals surface area contributed by atoms with E-state index in [1.807, 2.05) is 6.92 Å². The Morgan fingerprint density at radius 3 is 1.88 bits per heavy atom. The highest BCUT2D eigenvalue weighted by molar-refractivity contribution is 7.47. The van der Waals surface area contributed by atoms with Crippen LogP contribution in [-0.2, 0) is 13.6 Å². The number of unbranched alkanes of at least 4 members (excludes halogenated alkanes) is 6. The first-order chi connectivity index (χ1) is 8.12. The molecule has 17 heavy (non-hydrogen) atoms. The van der Waals surface area contributed by atoms with Crippen LogP contribution in [-0.4, -0.2) is 18.1 Å². The molecule has 4 nitrogen and oxygen atoms in total. The average Bonchev–Trinajstić information content (AvgIpc) is 2.28. The van der Waals surface area contributed by atoms with Crippen molar-refractivity contribution in [2.75, 3.05) is 13.2 Å². The SMILES string of the molecule is CCCCCCCCOP(=O)(O)OCCCC. The van der Waals surface area contributed by atoms with Crippen molar-refractivity contribution in [2.24, 2.45) is 0 Å². The highest BCUT2D eigenvalue weighted by Gasteiger charge is 2.19. The summed E-state index contributed by atoms with van der Waals surface area (Å²) >= 11 is 0. The van der Waals surface area contributed by atoms with Gasteiger partial charge >= 0.3 is 7.82 Å². The Labute approximate surface area is 105 Å². The van der Waals surface area contributed by atoms with Crippen LogP contribution < -0.4 is 0 Å². The molecule has 0 radical (unpaired) electrons. The second-order valence-electron chi connectivity index (χ2n) is 4.26. The van der Waals surface area contributed by atoms with Crippen LogP contribution in [0.2, 0.25) is 0 Å². The lowest BCUT2D eigenvalue weighted by Crippen LogP contribution is -1.98. The maximum absolute atomic E-state index is 11.3. The second kappa shape index (κ2) is 11.2. The van der Waals surface area contributed by atoms with Gasteiger partial charge in [-0.15, -0.1) is 0 Å². The van der Waals surface area contributed by atoms with Crippen molar-refractivity contribution in [3.63, 3.8) is 0 Å². The first-order valence-corrected chi connectivity index (χ1v) is 8.23. The van der Waals surface area contributed by atoms with Gasteiger partial charge in [-0.25, -0.2) is 4.57 Å². The summed E-state index contributed by atoms with van der Waals surface area (Å²) in [5.41, 5.74) is 0. The minimum absolute atomic E-state index is 0.292. The van der Waals surface area contributed by atoms with E-state index in [4.69, 9.17) is 9.05 Å². The van der Waals surface area contributed by atoms with Crippen LogP contribution in [0.15, 0.2) is 0 Å². The summed E-state index contributed by atoms with van der Waals surface area (Å²) < 4.78 is 21.0. The maximum Gasteiger partial charge on any atom is 0.472 e. The van der Waals surface area contributed by atoms with E-state index >= 15 is 0 Å². The summed E-state index contributed by atoms with van der Waals surface area (Å²) in [6.45, 7) is 4.79. The summed E-state index contributed by atoms with van der Waals surface area (Å²) in [6.07, 6.45) is 8.50. The standard InChI is InChI=1S/C12H27O4P/c1-3-5-7-8-9-10-12-16-17(13,14)15-11-6-4-2/h3-12H2,1-2H3,(H,13,14). The molecule has 0 aromatic rings. The average molecular weight is 266 g/mol. The van der Waals surface area contributed by atoms with Crippen LogP contribution in [0, 0.1) is 0 Å². The smallest absolute Gasteiger partial charge is 0.302 e. The number of rotatable bonds is 12. The molecule has 0 rings (SSSR count). The predicted molar refractivity (Wildman–Crippen MR) is 70.0 cm³/mol. The molecule has 0 heterocycles. The molecule has 0 fully saturated rings. The third-order valence-corrected chi connectivity index (χ3v) is 3.52. The van der Waals surface area contributed by atoms with Crippen LogP contribution >= 0.6 is 7.82 Å². The molecule has 0 bridgehead atoms. The van der Waals surface area contributed by atoms with Gasteiger partial charge in [-0.1, -0.05) is 52.4 Å². The zero-order valence-electron chi connectivity index (χ0n) is 11.2. The van der Waals surface area contributed by atoms with E-state index in [-0.39, 0.29) is 0 Å². The van der Waals surface area contributed by atoms with Crippen LogP contribution in [0.3, 0.4) is 0 Å². The number of hydrogen-bond acceptors (Lipinski definition) is 3. The van der Waals surface area contributed by atoms with Gasteiger partial charge in [-0.3, -0.25) is 9.05 Å². The summed E-state index contributed by atoms with van der Waals surface area (Å²) in [6, 6.07) is 0. The molecular weight excluding hydrogens is 239 g/mol. The molecule has 0 aliphatic carbocycles. The van der Waals surface area contributed by atoms with Gasteiger partial charge in [0.1, 0.15) is 0 Å². The largest absolute Gasteiger partial charge is 0.472 e. The van der Waals surface area contributed by atoms with Gasteiger partial charge < -0.3 is 4.89 Å². The lowest BCUT2D eigenvalue weighted by molar-refractivity contribution is 0.146. The highest BCUT2D eigenvalue weighted by Crippen LogP contribution is 2.43. The summed E-state index contributed by atoms with van der Waals surface area (Å²) in [5, 5.41) is 0. The maximum atomic E-state index is 11.3. The van der Waals surface area contributed by atoms with Gasteiger partial charge in [0, 0.05) is 0 Å². The Balaban J connectivity index is 3.36. The van der Waals surface area contributed by atoms with Crippen LogP contribution in [0.1, 0.15) is 65.2 Å². The first-order valence-electron chi connectivity index (χ1n) is 6.74. The molecule has 0 aliphatic rings.